The molecule has 0 aliphatic heterocycles. The van der Waals surface area contributed by atoms with Gasteiger partial charge in [0, 0.05) is 11.9 Å². The van der Waals surface area contributed by atoms with Gasteiger partial charge in [-0.2, -0.15) is 0 Å². The van der Waals surface area contributed by atoms with Crippen LogP contribution in [0.1, 0.15) is 47.1 Å². The number of hydrogen-bond acceptors (Lipinski definition) is 3. The van der Waals surface area contributed by atoms with Gasteiger partial charge in [0.15, 0.2) is 0 Å². The summed E-state index contributed by atoms with van der Waals surface area (Å²) in [4.78, 5) is 16.3. The Morgan fingerprint density at radius 3 is 2.64 bits per heavy atom. The minimum Gasteiger partial charge on any atom is -0.496 e. The molecule has 2 heterocycles. The number of carboxylic acid groups (broad SMARTS) is 1. The zero-order valence-electron chi connectivity index (χ0n) is 14.9. The molecule has 0 aliphatic rings. The summed E-state index contributed by atoms with van der Waals surface area (Å²) >= 11 is 0. The van der Waals surface area contributed by atoms with Gasteiger partial charge in [-0.05, 0) is 36.6 Å². The average Bonchev–Trinajstić information content (AvgIpc) is 2.94. The number of aryl methyl sites for hydroxylation is 1. The molecule has 5 nitrogen and oxygen atoms in total. The summed E-state index contributed by atoms with van der Waals surface area (Å²) in [7, 11) is 1.56. The van der Waals surface area contributed by atoms with E-state index in [4.69, 9.17) is 4.74 Å². The number of ether oxygens (including phenoxy) is 1. The van der Waals surface area contributed by atoms with E-state index >= 15 is 0 Å². The molecule has 1 aromatic carbocycles. The first-order chi connectivity index (χ1) is 11.9. The second-order valence-corrected chi connectivity index (χ2v) is 6.48. The average molecular weight is 338 g/mol. The highest BCUT2D eigenvalue weighted by Gasteiger charge is 2.22. The van der Waals surface area contributed by atoms with E-state index in [-0.39, 0.29) is 11.5 Å². The number of nitrogens with zero attached hydrogens (tertiary/aromatic N) is 2. The van der Waals surface area contributed by atoms with Gasteiger partial charge in [-0.3, -0.25) is 4.98 Å². The molecule has 0 spiro atoms. The monoisotopic (exact) mass is 338 g/mol. The zero-order chi connectivity index (χ0) is 18.1. The highest BCUT2D eigenvalue weighted by Crippen LogP contribution is 2.36. The molecule has 3 rings (SSSR count). The molecule has 0 unspecified atom stereocenters. The SMILES string of the molecule is COc1ccc(C(C)C)c2c1c(C(=O)O)cn2Cc1cccc(C)n1. The molecule has 2 aromatic heterocycles. The van der Waals surface area contributed by atoms with Crippen molar-refractivity contribution < 1.29 is 14.6 Å². The van der Waals surface area contributed by atoms with Gasteiger partial charge < -0.3 is 14.4 Å². The van der Waals surface area contributed by atoms with Crippen LogP contribution < -0.4 is 4.74 Å². The Morgan fingerprint density at radius 2 is 2.04 bits per heavy atom. The van der Waals surface area contributed by atoms with Crippen molar-refractivity contribution in [3.63, 3.8) is 0 Å². The van der Waals surface area contributed by atoms with Gasteiger partial charge in [-0.25, -0.2) is 4.79 Å². The number of aromatic carboxylic acids is 1. The molecular weight excluding hydrogens is 316 g/mol. The Balaban J connectivity index is 2.29. The van der Waals surface area contributed by atoms with E-state index in [2.05, 4.69) is 18.8 Å². The number of methoxy groups -OCH3 is 1. The molecule has 0 bridgehead atoms. The third-order valence-corrected chi connectivity index (χ3v) is 4.36. The van der Waals surface area contributed by atoms with Crippen molar-refractivity contribution in [1.82, 2.24) is 9.55 Å². The molecule has 5 heteroatoms. The van der Waals surface area contributed by atoms with Gasteiger partial charge in [0.2, 0.25) is 0 Å². The number of rotatable bonds is 5. The standard InChI is InChI=1S/C20H22N2O3/c1-12(2)15-8-9-17(25-4)18-16(20(23)24)11-22(19(15)18)10-14-7-5-6-13(3)21-14/h5-9,11-12H,10H2,1-4H3,(H,23,24). The molecule has 1 N–H and O–H groups in total. The smallest absolute Gasteiger partial charge is 0.338 e. The minimum absolute atomic E-state index is 0.252. The molecule has 0 saturated carbocycles. The lowest BCUT2D eigenvalue weighted by Gasteiger charge is -2.14. The number of carboxylic acids is 1. The third kappa shape index (κ3) is 3.09. The number of benzene rings is 1. The van der Waals surface area contributed by atoms with Crippen molar-refractivity contribution in [2.75, 3.05) is 7.11 Å². The molecule has 0 fully saturated rings. The quantitative estimate of drug-likeness (QED) is 0.756. The number of aromatic nitrogens is 2. The number of pyridine rings is 1. The molecule has 0 radical (unpaired) electrons. The van der Waals surface area contributed by atoms with Crippen LogP contribution in [-0.4, -0.2) is 27.7 Å². The lowest BCUT2D eigenvalue weighted by Crippen LogP contribution is -2.04. The van der Waals surface area contributed by atoms with Crippen molar-refractivity contribution in [2.45, 2.75) is 33.2 Å². The second-order valence-electron chi connectivity index (χ2n) is 6.48. The lowest BCUT2D eigenvalue weighted by molar-refractivity contribution is 0.0698. The number of hydrogen-bond donors (Lipinski definition) is 1. The van der Waals surface area contributed by atoms with Crippen molar-refractivity contribution >= 4 is 16.9 Å². The summed E-state index contributed by atoms with van der Waals surface area (Å²) in [5.74, 6) is -0.123. The molecule has 0 saturated heterocycles. The Bertz CT molecular complexity index is 942. The van der Waals surface area contributed by atoms with E-state index in [1.807, 2.05) is 41.8 Å². The maximum atomic E-state index is 11.8. The molecule has 0 aliphatic carbocycles. The minimum atomic E-state index is -0.958. The Morgan fingerprint density at radius 1 is 1.28 bits per heavy atom. The lowest BCUT2D eigenvalue weighted by atomic mass is 9.99. The molecule has 130 valence electrons. The largest absolute Gasteiger partial charge is 0.496 e. The summed E-state index contributed by atoms with van der Waals surface area (Å²) in [6.45, 7) is 6.66. The highest BCUT2D eigenvalue weighted by molar-refractivity contribution is 6.07. The number of carbonyl (C=O) groups is 1. The zero-order valence-corrected chi connectivity index (χ0v) is 14.9. The first-order valence-corrected chi connectivity index (χ1v) is 8.28. The van der Waals surface area contributed by atoms with Crippen LogP contribution in [0.3, 0.4) is 0 Å². The maximum absolute atomic E-state index is 11.8. The topological polar surface area (TPSA) is 64.3 Å². The summed E-state index contributed by atoms with van der Waals surface area (Å²) in [5, 5.41) is 10.3. The van der Waals surface area contributed by atoms with Crippen molar-refractivity contribution in [2.24, 2.45) is 0 Å². The van der Waals surface area contributed by atoms with Crippen LogP contribution in [0.5, 0.6) is 5.75 Å². The van der Waals surface area contributed by atoms with Gasteiger partial charge >= 0.3 is 5.97 Å². The van der Waals surface area contributed by atoms with Crippen LogP contribution in [0.25, 0.3) is 10.9 Å². The van der Waals surface area contributed by atoms with Gasteiger partial charge in [0.05, 0.1) is 35.8 Å². The van der Waals surface area contributed by atoms with E-state index in [0.29, 0.717) is 17.7 Å². The second kappa shape index (κ2) is 6.59. The normalized spacial score (nSPS) is 11.2. The predicted octanol–water partition coefficient (Wildman–Crippen LogP) is 4.22. The molecular formula is C20H22N2O3. The van der Waals surface area contributed by atoms with Gasteiger partial charge in [-0.1, -0.05) is 26.0 Å². The van der Waals surface area contributed by atoms with Gasteiger partial charge in [-0.15, -0.1) is 0 Å². The van der Waals surface area contributed by atoms with E-state index < -0.39 is 5.97 Å². The van der Waals surface area contributed by atoms with E-state index in [1.165, 1.54) is 0 Å². The summed E-state index contributed by atoms with van der Waals surface area (Å²) < 4.78 is 7.41. The summed E-state index contributed by atoms with van der Waals surface area (Å²) in [5.41, 5.74) is 4.08. The highest BCUT2D eigenvalue weighted by atomic mass is 16.5. The summed E-state index contributed by atoms with van der Waals surface area (Å²) in [6.07, 6.45) is 1.69. The van der Waals surface area contributed by atoms with Gasteiger partial charge in [0.25, 0.3) is 0 Å². The van der Waals surface area contributed by atoms with Crippen LogP contribution in [0, 0.1) is 6.92 Å². The molecule has 3 aromatic rings. The van der Waals surface area contributed by atoms with Crippen LogP contribution in [-0.2, 0) is 6.54 Å². The molecule has 25 heavy (non-hydrogen) atoms. The Labute approximate surface area is 146 Å². The van der Waals surface area contributed by atoms with E-state index in [0.717, 1.165) is 22.5 Å². The van der Waals surface area contributed by atoms with Crippen molar-refractivity contribution in [1.29, 1.82) is 0 Å². The molecule has 0 amide bonds. The molecule has 0 atom stereocenters. The van der Waals surface area contributed by atoms with Crippen LogP contribution >= 0.6 is 0 Å². The van der Waals surface area contributed by atoms with Crippen molar-refractivity contribution in [3.8, 4) is 5.75 Å². The first kappa shape index (κ1) is 17.0. The van der Waals surface area contributed by atoms with Crippen LogP contribution in [0.2, 0.25) is 0 Å². The Hall–Kier alpha value is -2.82. The summed E-state index contributed by atoms with van der Waals surface area (Å²) in [6, 6.07) is 9.72. The maximum Gasteiger partial charge on any atom is 0.338 e. The third-order valence-electron chi connectivity index (χ3n) is 4.36. The predicted molar refractivity (Wildman–Crippen MR) is 97.6 cm³/mol. The van der Waals surface area contributed by atoms with Crippen LogP contribution in [0.4, 0.5) is 0 Å². The van der Waals surface area contributed by atoms with Gasteiger partial charge in [0.1, 0.15) is 5.75 Å². The first-order valence-electron chi connectivity index (χ1n) is 8.28. The fraction of sp³-hybridized carbons (Fsp3) is 0.300. The Kier molecular flexibility index (Phi) is 4.49. The van der Waals surface area contributed by atoms with Crippen molar-refractivity contribution in [3.05, 3.63) is 59.0 Å². The van der Waals surface area contributed by atoms with E-state index in [9.17, 15) is 9.90 Å². The fourth-order valence-corrected chi connectivity index (χ4v) is 3.23. The van der Waals surface area contributed by atoms with E-state index in [1.54, 1.807) is 13.3 Å². The fourth-order valence-electron chi connectivity index (χ4n) is 3.23. The van der Waals surface area contributed by atoms with Crippen LogP contribution in [0.15, 0.2) is 36.5 Å². The number of fused-ring (bicyclic) bond motifs is 1.